The van der Waals surface area contributed by atoms with Gasteiger partial charge < -0.3 is 14.8 Å². The minimum absolute atomic E-state index is 0.169. The summed E-state index contributed by atoms with van der Waals surface area (Å²) in [4.78, 5) is 11.8. The van der Waals surface area contributed by atoms with Crippen LogP contribution in [0.25, 0.3) is 0 Å². The predicted molar refractivity (Wildman–Crippen MR) is 85.8 cm³/mol. The molecule has 22 heavy (non-hydrogen) atoms. The van der Waals surface area contributed by atoms with E-state index in [1.54, 1.807) is 24.3 Å². The van der Waals surface area contributed by atoms with Crippen molar-refractivity contribution in [2.75, 3.05) is 18.5 Å². The molecule has 1 N–H and O–H groups in total. The van der Waals surface area contributed by atoms with E-state index in [1.165, 1.54) is 18.2 Å². The monoisotopic (exact) mass is 367 g/mol. The van der Waals surface area contributed by atoms with E-state index in [0.717, 1.165) is 5.75 Å². The van der Waals surface area contributed by atoms with Crippen LogP contribution < -0.4 is 14.8 Å². The van der Waals surface area contributed by atoms with Crippen molar-refractivity contribution < 1.29 is 18.7 Å². The standard InChI is InChI=1S/C16H15BrFNO3/c1-2-21-13-6-4-12(5-7-13)19-16(20)10-22-15-8-3-11(18)9-14(15)17/h3-9H,2,10H2,1H3,(H,19,20). The number of benzene rings is 2. The van der Waals surface area contributed by atoms with Gasteiger partial charge in [0.2, 0.25) is 0 Å². The first-order valence-electron chi connectivity index (χ1n) is 6.69. The van der Waals surface area contributed by atoms with E-state index >= 15 is 0 Å². The van der Waals surface area contributed by atoms with Crippen molar-refractivity contribution in [1.29, 1.82) is 0 Å². The van der Waals surface area contributed by atoms with E-state index in [9.17, 15) is 9.18 Å². The number of hydrogen-bond donors (Lipinski definition) is 1. The van der Waals surface area contributed by atoms with Gasteiger partial charge in [-0.2, -0.15) is 0 Å². The Balaban J connectivity index is 1.87. The number of amides is 1. The zero-order valence-corrected chi connectivity index (χ0v) is 13.5. The zero-order chi connectivity index (χ0) is 15.9. The SMILES string of the molecule is CCOc1ccc(NC(=O)COc2ccc(F)cc2Br)cc1. The second-order valence-electron chi connectivity index (χ2n) is 4.37. The lowest BCUT2D eigenvalue weighted by molar-refractivity contribution is -0.118. The number of anilines is 1. The molecule has 6 heteroatoms. The molecule has 2 rings (SSSR count). The molecular formula is C16H15BrFNO3. The minimum atomic E-state index is -0.377. The fourth-order valence-electron chi connectivity index (χ4n) is 1.73. The van der Waals surface area contributed by atoms with Crippen molar-refractivity contribution in [2.45, 2.75) is 6.92 Å². The second kappa shape index (κ2) is 7.79. The van der Waals surface area contributed by atoms with E-state index < -0.39 is 0 Å². The van der Waals surface area contributed by atoms with Gasteiger partial charge in [-0.1, -0.05) is 0 Å². The van der Waals surface area contributed by atoms with Gasteiger partial charge in [0.25, 0.3) is 5.91 Å². The number of ether oxygens (including phenoxy) is 2. The lowest BCUT2D eigenvalue weighted by Crippen LogP contribution is -2.20. The highest BCUT2D eigenvalue weighted by molar-refractivity contribution is 9.10. The Morgan fingerprint density at radius 3 is 2.55 bits per heavy atom. The summed E-state index contributed by atoms with van der Waals surface area (Å²) in [6, 6.07) is 11.0. The Bertz CT molecular complexity index is 646. The molecule has 116 valence electrons. The second-order valence-corrected chi connectivity index (χ2v) is 5.22. The van der Waals surface area contributed by atoms with Crippen LogP contribution in [-0.2, 0) is 4.79 Å². The Labute approximate surface area is 136 Å². The molecule has 0 aromatic heterocycles. The van der Waals surface area contributed by atoms with Crippen molar-refractivity contribution in [3.8, 4) is 11.5 Å². The minimum Gasteiger partial charge on any atom is -0.494 e. The molecule has 0 spiro atoms. The number of rotatable bonds is 6. The maximum absolute atomic E-state index is 12.9. The third-order valence-electron chi connectivity index (χ3n) is 2.70. The van der Waals surface area contributed by atoms with Crippen LogP contribution in [0.4, 0.5) is 10.1 Å². The lowest BCUT2D eigenvalue weighted by Gasteiger charge is -2.09. The maximum atomic E-state index is 12.9. The van der Waals surface area contributed by atoms with Crippen molar-refractivity contribution in [3.05, 3.63) is 52.8 Å². The van der Waals surface area contributed by atoms with Crippen LogP contribution in [-0.4, -0.2) is 19.1 Å². The van der Waals surface area contributed by atoms with Crippen LogP contribution >= 0.6 is 15.9 Å². The molecule has 0 saturated heterocycles. The summed E-state index contributed by atoms with van der Waals surface area (Å²) >= 11 is 3.18. The Morgan fingerprint density at radius 2 is 1.91 bits per heavy atom. The first kappa shape index (κ1) is 16.3. The van der Waals surface area contributed by atoms with Crippen LogP contribution in [0.15, 0.2) is 46.9 Å². The Kier molecular flexibility index (Phi) is 5.77. The van der Waals surface area contributed by atoms with Crippen LogP contribution in [0.1, 0.15) is 6.92 Å². The third-order valence-corrected chi connectivity index (χ3v) is 3.32. The Morgan fingerprint density at radius 1 is 1.18 bits per heavy atom. The fourth-order valence-corrected chi connectivity index (χ4v) is 2.20. The summed E-state index contributed by atoms with van der Waals surface area (Å²) in [5, 5.41) is 2.70. The van der Waals surface area contributed by atoms with Gasteiger partial charge in [0.15, 0.2) is 6.61 Å². The highest BCUT2D eigenvalue weighted by atomic mass is 79.9. The molecular weight excluding hydrogens is 353 g/mol. The van der Waals surface area contributed by atoms with E-state index in [4.69, 9.17) is 9.47 Å². The van der Waals surface area contributed by atoms with E-state index in [0.29, 0.717) is 22.5 Å². The van der Waals surface area contributed by atoms with Gasteiger partial charge in [-0.05, 0) is 65.3 Å². The molecule has 4 nitrogen and oxygen atoms in total. The van der Waals surface area contributed by atoms with Gasteiger partial charge in [0.05, 0.1) is 11.1 Å². The van der Waals surface area contributed by atoms with Crippen molar-refractivity contribution >= 4 is 27.5 Å². The fraction of sp³-hybridized carbons (Fsp3) is 0.188. The van der Waals surface area contributed by atoms with Crippen LogP contribution in [0, 0.1) is 5.82 Å². The highest BCUT2D eigenvalue weighted by Gasteiger charge is 2.07. The lowest BCUT2D eigenvalue weighted by atomic mass is 10.3. The molecule has 0 aliphatic rings. The van der Waals surface area contributed by atoms with E-state index in [1.807, 2.05) is 6.92 Å². The van der Waals surface area contributed by atoms with Gasteiger partial charge >= 0.3 is 0 Å². The summed E-state index contributed by atoms with van der Waals surface area (Å²) in [5.74, 6) is 0.466. The smallest absolute Gasteiger partial charge is 0.262 e. The third kappa shape index (κ3) is 4.73. The molecule has 2 aromatic carbocycles. The number of halogens is 2. The number of hydrogen-bond acceptors (Lipinski definition) is 3. The Hall–Kier alpha value is -2.08. The number of carbonyl (C=O) groups excluding carboxylic acids is 1. The number of carbonyl (C=O) groups is 1. The molecule has 0 aliphatic heterocycles. The summed E-state index contributed by atoms with van der Waals surface area (Å²) in [7, 11) is 0. The first-order valence-corrected chi connectivity index (χ1v) is 7.48. The van der Waals surface area contributed by atoms with Gasteiger partial charge in [0, 0.05) is 5.69 Å². The summed E-state index contributed by atoms with van der Waals surface area (Å²) in [6.07, 6.45) is 0. The predicted octanol–water partition coefficient (Wildman–Crippen LogP) is 4.00. The topological polar surface area (TPSA) is 47.6 Å². The van der Waals surface area contributed by atoms with Crippen molar-refractivity contribution in [3.63, 3.8) is 0 Å². The van der Waals surface area contributed by atoms with E-state index in [2.05, 4.69) is 21.2 Å². The van der Waals surface area contributed by atoms with Crippen LogP contribution in [0.2, 0.25) is 0 Å². The van der Waals surface area contributed by atoms with Gasteiger partial charge in [-0.25, -0.2) is 4.39 Å². The van der Waals surface area contributed by atoms with Crippen molar-refractivity contribution in [2.24, 2.45) is 0 Å². The molecule has 2 aromatic rings. The molecule has 0 saturated carbocycles. The van der Waals surface area contributed by atoms with E-state index in [-0.39, 0.29) is 18.3 Å². The maximum Gasteiger partial charge on any atom is 0.262 e. The van der Waals surface area contributed by atoms with Crippen LogP contribution in [0.5, 0.6) is 11.5 Å². The largest absolute Gasteiger partial charge is 0.494 e. The molecule has 0 bridgehead atoms. The molecule has 0 unspecified atom stereocenters. The van der Waals surface area contributed by atoms with Crippen molar-refractivity contribution in [1.82, 2.24) is 0 Å². The molecule has 0 aliphatic carbocycles. The molecule has 0 heterocycles. The van der Waals surface area contributed by atoms with Gasteiger partial charge in [-0.3, -0.25) is 4.79 Å². The molecule has 1 amide bonds. The summed E-state index contributed by atoms with van der Waals surface area (Å²) in [6.45, 7) is 2.32. The molecule has 0 radical (unpaired) electrons. The van der Waals surface area contributed by atoms with Crippen LogP contribution in [0.3, 0.4) is 0 Å². The van der Waals surface area contributed by atoms with Gasteiger partial charge in [0.1, 0.15) is 17.3 Å². The normalized spacial score (nSPS) is 10.1. The molecule has 0 fully saturated rings. The first-order chi connectivity index (χ1) is 10.6. The highest BCUT2D eigenvalue weighted by Crippen LogP contribution is 2.25. The summed E-state index contributed by atoms with van der Waals surface area (Å²) in [5.41, 5.74) is 0.648. The number of nitrogens with one attached hydrogen (secondary N) is 1. The average molecular weight is 368 g/mol. The summed E-state index contributed by atoms with van der Waals surface area (Å²) < 4.78 is 24.1. The molecule has 0 atom stereocenters. The zero-order valence-electron chi connectivity index (χ0n) is 11.9. The average Bonchev–Trinajstić information content (AvgIpc) is 2.49. The van der Waals surface area contributed by atoms with Gasteiger partial charge in [-0.15, -0.1) is 0 Å². The quantitative estimate of drug-likeness (QED) is 0.838.